The molecule has 0 spiro atoms. The molecule has 3 aliphatic rings. The molecule has 1 aliphatic heterocycles. The van der Waals surface area contributed by atoms with Gasteiger partial charge in [0.05, 0.1) is 37.1 Å². The van der Waals surface area contributed by atoms with Crippen molar-refractivity contribution in [1.29, 1.82) is 0 Å². The van der Waals surface area contributed by atoms with Crippen LogP contribution in [0, 0.1) is 11.8 Å². The minimum atomic E-state index is -0.348. The molecule has 0 bridgehead atoms. The number of rotatable bonds is 8. The highest BCUT2D eigenvalue weighted by molar-refractivity contribution is 5.76. The SMILES string of the molecule is O=C(CC1CCCC1)N[C@@H](CO)[C@@H]1C[C@@H](n2cc(CC3CCCCC3)nn2)CO1. The Bertz CT molecular complexity index is 652. The third kappa shape index (κ3) is 5.57. The van der Waals surface area contributed by atoms with Gasteiger partial charge >= 0.3 is 0 Å². The maximum atomic E-state index is 12.4. The first kappa shape index (κ1) is 20.8. The van der Waals surface area contributed by atoms with Crippen LogP contribution in [0.4, 0.5) is 0 Å². The highest BCUT2D eigenvalue weighted by atomic mass is 16.5. The first-order valence-corrected chi connectivity index (χ1v) is 11.6. The number of amides is 1. The second-order valence-electron chi connectivity index (χ2n) is 9.37. The fourth-order valence-electron chi connectivity index (χ4n) is 5.37. The predicted molar refractivity (Wildman–Crippen MR) is 109 cm³/mol. The molecule has 0 unspecified atom stereocenters. The van der Waals surface area contributed by atoms with E-state index in [1.165, 1.54) is 44.9 Å². The van der Waals surface area contributed by atoms with E-state index in [2.05, 4.69) is 21.8 Å². The van der Waals surface area contributed by atoms with Crippen molar-refractivity contribution in [3.8, 4) is 0 Å². The van der Waals surface area contributed by atoms with Crippen molar-refractivity contribution in [1.82, 2.24) is 20.3 Å². The number of nitrogens with zero attached hydrogens (tertiary/aromatic N) is 3. The van der Waals surface area contributed by atoms with Crippen LogP contribution in [0.5, 0.6) is 0 Å². The van der Waals surface area contributed by atoms with Gasteiger partial charge in [-0.25, -0.2) is 4.68 Å². The number of aromatic nitrogens is 3. The van der Waals surface area contributed by atoms with E-state index in [0.29, 0.717) is 18.9 Å². The van der Waals surface area contributed by atoms with Crippen molar-refractivity contribution in [3.05, 3.63) is 11.9 Å². The van der Waals surface area contributed by atoms with Crippen LogP contribution in [0.1, 0.15) is 82.4 Å². The lowest BCUT2D eigenvalue weighted by atomic mass is 9.86. The molecular formula is C22H36N4O3. The third-order valence-corrected chi connectivity index (χ3v) is 7.10. The van der Waals surface area contributed by atoms with Gasteiger partial charge in [0.15, 0.2) is 0 Å². The Labute approximate surface area is 173 Å². The van der Waals surface area contributed by atoms with E-state index in [9.17, 15) is 9.90 Å². The molecule has 4 rings (SSSR count). The number of aliphatic hydroxyl groups is 1. The lowest BCUT2D eigenvalue weighted by Crippen LogP contribution is -2.46. The van der Waals surface area contributed by atoms with E-state index in [0.717, 1.165) is 37.3 Å². The number of nitrogens with one attached hydrogen (secondary N) is 1. The average molecular weight is 405 g/mol. The van der Waals surface area contributed by atoms with Crippen molar-refractivity contribution in [2.75, 3.05) is 13.2 Å². The zero-order valence-electron chi connectivity index (χ0n) is 17.5. The molecule has 2 heterocycles. The molecule has 7 heteroatoms. The largest absolute Gasteiger partial charge is 0.394 e. The van der Waals surface area contributed by atoms with Gasteiger partial charge in [-0.3, -0.25) is 4.79 Å². The molecular weight excluding hydrogens is 368 g/mol. The monoisotopic (exact) mass is 404 g/mol. The Kier molecular flexibility index (Phi) is 7.19. The van der Waals surface area contributed by atoms with E-state index >= 15 is 0 Å². The van der Waals surface area contributed by atoms with Gasteiger partial charge in [-0.05, 0) is 31.1 Å². The molecule has 1 amide bonds. The van der Waals surface area contributed by atoms with Gasteiger partial charge in [0, 0.05) is 19.0 Å². The number of carbonyl (C=O) groups is 1. The maximum absolute atomic E-state index is 12.4. The summed E-state index contributed by atoms with van der Waals surface area (Å²) in [6, 6.07) is -0.229. The van der Waals surface area contributed by atoms with Gasteiger partial charge in [-0.2, -0.15) is 0 Å². The molecule has 0 radical (unpaired) electrons. The van der Waals surface area contributed by atoms with Crippen molar-refractivity contribution >= 4 is 5.91 Å². The lowest BCUT2D eigenvalue weighted by molar-refractivity contribution is -0.124. The van der Waals surface area contributed by atoms with Crippen LogP contribution in [0.25, 0.3) is 0 Å². The van der Waals surface area contributed by atoms with Gasteiger partial charge in [-0.15, -0.1) is 5.10 Å². The zero-order chi connectivity index (χ0) is 20.1. The Morgan fingerprint density at radius 2 is 1.90 bits per heavy atom. The number of ether oxygens (including phenoxy) is 1. The van der Waals surface area contributed by atoms with Crippen molar-refractivity contribution < 1.29 is 14.6 Å². The number of hydrogen-bond acceptors (Lipinski definition) is 5. The van der Waals surface area contributed by atoms with Crippen LogP contribution in [0.15, 0.2) is 6.20 Å². The first-order valence-electron chi connectivity index (χ1n) is 11.6. The Morgan fingerprint density at radius 3 is 2.66 bits per heavy atom. The van der Waals surface area contributed by atoms with Crippen LogP contribution in [-0.2, 0) is 16.0 Å². The molecule has 1 saturated heterocycles. The van der Waals surface area contributed by atoms with Crippen LogP contribution < -0.4 is 5.32 Å². The van der Waals surface area contributed by atoms with Crippen LogP contribution in [0.3, 0.4) is 0 Å². The molecule has 0 aromatic carbocycles. The average Bonchev–Trinajstić information content (AvgIpc) is 3.49. The second-order valence-corrected chi connectivity index (χ2v) is 9.37. The van der Waals surface area contributed by atoms with E-state index in [-0.39, 0.29) is 30.7 Å². The van der Waals surface area contributed by atoms with Gasteiger partial charge in [0.25, 0.3) is 0 Å². The fourth-order valence-corrected chi connectivity index (χ4v) is 5.37. The summed E-state index contributed by atoms with van der Waals surface area (Å²) < 4.78 is 7.86. The van der Waals surface area contributed by atoms with Crippen molar-refractivity contribution in [3.63, 3.8) is 0 Å². The molecule has 1 aromatic rings. The zero-order valence-corrected chi connectivity index (χ0v) is 17.5. The minimum absolute atomic E-state index is 0.0403. The highest BCUT2D eigenvalue weighted by Crippen LogP contribution is 2.30. The highest BCUT2D eigenvalue weighted by Gasteiger charge is 2.34. The maximum Gasteiger partial charge on any atom is 0.220 e. The normalized spacial score (nSPS) is 27.3. The van der Waals surface area contributed by atoms with E-state index in [4.69, 9.17) is 4.74 Å². The van der Waals surface area contributed by atoms with E-state index in [1.54, 1.807) is 0 Å². The van der Waals surface area contributed by atoms with Crippen LogP contribution in [-0.4, -0.2) is 51.4 Å². The minimum Gasteiger partial charge on any atom is -0.394 e. The molecule has 2 saturated carbocycles. The summed E-state index contributed by atoms with van der Waals surface area (Å²) in [6.45, 7) is 0.448. The van der Waals surface area contributed by atoms with E-state index in [1.807, 2.05) is 4.68 Å². The van der Waals surface area contributed by atoms with Crippen LogP contribution in [0.2, 0.25) is 0 Å². The standard InChI is InChI=1S/C22H36N4O3/c27-14-20(23-22(28)11-17-8-4-5-9-17)21-12-19(15-29-21)26-13-18(24-25-26)10-16-6-2-1-3-7-16/h13,16-17,19-21,27H,1-12,14-15H2,(H,23,28)/t19-,20+,21+/m1/s1. The molecule has 1 aromatic heterocycles. The lowest BCUT2D eigenvalue weighted by Gasteiger charge is -2.23. The summed E-state index contributed by atoms with van der Waals surface area (Å²) in [5.74, 6) is 1.29. The summed E-state index contributed by atoms with van der Waals surface area (Å²) in [5, 5.41) is 21.6. The fraction of sp³-hybridized carbons (Fsp3) is 0.864. The molecule has 7 nitrogen and oxygen atoms in total. The quantitative estimate of drug-likeness (QED) is 0.695. The Hall–Kier alpha value is -1.47. The molecule has 2 N–H and O–H groups in total. The number of aliphatic hydroxyl groups excluding tert-OH is 1. The molecule has 29 heavy (non-hydrogen) atoms. The number of carbonyl (C=O) groups excluding carboxylic acids is 1. The summed E-state index contributed by atoms with van der Waals surface area (Å²) >= 11 is 0. The molecule has 3 atom stereocenters. The molecule has 162 valence electrons. The van der Waals surface area contributed by atoms with Crippen molar-refractivity contribution in [2.45, 2.75) is 95.2 Å². The summed E-state index contributed by atoms with van der Waals surface area (Å²) in [4.78, 5) is 12.4. The van der Waals surface area contributed by atoms with Gasteiger partial charge in [0.2, 0.25) is 5.91 Å². The Morgan fingerprint density at radius 1 is 1.17 bits per heavy atom. The predicted octanol–water partition coefficient (Wildman–Crippen LogP) is 2.79. The van der Waals surface area contributed by atoms with Gasteiger partial charge in [-0.1, -0.05) is 50.2 Å². The summed E-state index contributed by atoms with van der Waals surface area (Å²) in [5.41, 5.74) is 1.07. The first-order chi connectivity index (χ1) is 14.2. The van der Waals surface area contributed by atoms with Gasteiger partial charge < -0.3 is 15.2 Å². The number of hydrogen-bond donors (Lipinski definition) is 2. The summed E-state index contributed by atoms with van der Waals surface area (Å²) in [6.07, 6.45) is 15.6. The topological polar surface area (TPSA) is 89.3 Å². The second kappa shape index (κ2) is 10.0. The molecule has 2 aliphatic carbocycles. The van der Waals surface area contributed by atoms with Crippen LogP contribution >= 0.6 is 0 Å². The summed E-state index contributed by atoms with van der Waals surface area (Å²) in [7, 11) is 0. The Balaban J connectivity index is 1.26. The van der Waals surface area contributed by atoms with E-state index < -0.39 is 0 Å². The third-order valence-electron chi connectivity index (χ3n) is 7.10. The van der Waals surface area contributed by atoms with Gasteiger partial charge in [0.1, 0.15) is 0 Å². The molecule has 3 fully saturated rings. The smallest absolute Gasteiger partial charge is 0.220 e. The van der Waals surface area contributed by atoms with Crippen molar-refractivity contribution in [2.24, 2.45) is 11.8 Å².